The molecule has 0 spiro atoms. The third-order valence-corrected chi connectivity index (χ3v) is 2.36. The largest absolute Gasteiger partial charge is 0.548 e. The number of hydrogen-bond acceptors (Lipinski definition) is 5. The van der Waals surface area contributed by atoms with E-state index in [1.165, 1.54) is 4.90 Å². The van der Waals surface area contributed by atoms with Crippen LogP contribution >= 0.6 is 0 Å². The first-order valence-electron chi connectivity index (χ1n) is 5.12. The van der Waals surface area contributed by atoms with Crippen LogP contribution in [0.5, 0.6) is 0 Å². The molecule has 1 aliphatic heterocycles. The maximum Gasteiger partial charge on any atom is 0.410 e. The number of carbonyl (C=O) groups excluding carboxylic acids is 2. The second-order valence-electron chi connectivity index (χ2n) is 5.10. The summed E-state index contributed by atoms with van der Waals surface area (Å²) in [6.45, 7) is 5.45. The Labute approximate surface area is 94.3 Å². The molecule has 2 N–H and O–H groups in total. The molecule has 0 bridgehead atoms. The Bertz CT molecular complexity index is 310. The van der Waals surface area contributed by atoms with E-state index in [0.717, 1.165) is 0 Å². The van der Waals surface area contributed by atoms with E-state index in [9.17, 15) is 14.7 Å². The summed E-state index contributed by atoms with van der Waals surface area (Å²) < 4.78 is 5.11. The monoisotopic (exact) mass is 229 g/mol. The highest BCUT2D eigenvalue weighted by molar-refractivity contribution is 5.79. The topological polar surface area (TPSA) is 95.7 Å². The Morgan fingerprint density at radius 2 is 2.00 bits per heavy atom. The fourth-order valence-electron chi connectivity index (χ4n) is 1.48. The molecular formula is C10H17N2O4-. The standard InChI is InChI=1S/C10H18N2O4/c1-9(2,3)16-8(15)12-5-4-10(11,6-12)7(13)14/h4-6,11H2,1-3H3,(H,13,14)/p-1. The molecule has 0 aromatic heterocycles. The second-order valence-corrected chi connectivity index (χ2v) is 5.10. The molecular weight excluding hydrogens is 212 g/mol. The van der Waals surface area contributed by atoms with Gasteiger partial charge in [0.2, 0.25) is 0 Å². The average Bonchev–Trinajstić information content (AvgIpc) is 2.46. The van der Waals surface area contributed by atoms with Gasteiger partial charge in [-0.1, -0.05) is 0 Å². The lowest BCUT2D eigenvalue weighted by Gasteiger charge is -2.27. The summed E-state index contributed by atoms with van der Waals surface area (Å²) in [5, 5.41) is 10.8. The van der Waals surface area contributed by atoms with Crippen molar-refractivity contribution in [2.45, 2.75) is 38.3 Å². The molecule has 0 aromatic carbocycles. The molecule has 1 rings (SSSR count). The molecule has 0 aromatic rings. The van der Waals surface area contributed by atoms with E-state index in [2.05, 4.69) is 0 Å². The first kappa shape index (κ1) is 12.8. The van der Waals surface area contributed by atoms with Crippen LogP contribution < -0.4 is 10.8 Å². The van der Waals surface area contributed by atoms with Crippen LogP contribution in [0.2, 0.25) is 0 Å². The van der Waals surface area contributed by atoms with E-state index in [1.807, 2.05) is 0 Å². The van der Waals surface area contributed by atoms with Crippen LogP contribution in [-0.4, -0.2) is 41.2 Å². The van der Waals surface area contributed by atoms with E-state index in [4.69, 9.17) is 10.5 Å². The Hall–Kier alpha value is -1.30. The molecule has 0 aliphatic carbocycles. The van der Waals surface area contributed by atoms with E-state index in [-0.39, 0.29) is 19.5 Å². The predicted molar refractivity (Wildman–Crippen MR) is 54.3 cm³/mol. The lowest BCUT2D eigenvalue weighted by atomic mass is 10.0. The maximum absolute atomic E-state index is 11.6. The van der Waals surface area contributed by atoms with E-state index in [0.29, 0.717) is 0 Å². The zero-order chi connectivity index (χ0) is 12.6. The molecule has 1 amide bonds. The summed E-state index contributed by atoms with van der Waals surface area (Å²) in [5.41, 5.74) is 3.54. The van der Waals surface area contributed by atoms with Crippen LogP contribution in [0.4, 0.5) is 4.79 Å². The first-order valence-corrected chi connectivity index (χ1v) is 5.12. The van der Waals surface area contributed by atoms with Crippen LogP contribution in [0.3, 0.4) is 0 Å². The number of aliphatic carboxylic acids is 1. The quantitative estimate of drug-likeness (QED) is 0.627. The minimum absolute atomic E-state index is 0.0652. The summed E-state index contributed by atoms with van der Waals surface area (Å²) in [6, 6.07) is 0. The summed E-state index contributed by atoms with van der Waals surface area (Å²) >= 11 is 0. The Balaban J connectivity index is 2.60. The molecule has 6 nitrogen and oxygen atoms in total. The van der Waals surface area contributed by atoms with Crippen molar-refractivity contribution in [1.82, 2.24) is 4.90 Å². The lowest BCUT2D eigenvalue weighted by molar-refractivity contribution is -0.312. The number of likely N-dealkylation sites (tertiary alicyclic amines) is 1. The molecule has 1 unspecified atom stereocenters. The summed E-state index contributed by atoms with van der Waals surface area (Å²) in [7, 11) is 0. The number of carbonyl (C=O) groups is 2. The minimum Gasteiger partial charge on any atom is -0.548 e. The number of nitrogens with zero attached hydrogens (tertiary/aromatic N) is 1. The molecule has 1 aliphatic rings. The number of nitrogens with two attached hydrogens (primary N) is 1. The fourth-order valence-corrected chi connectivity index (χ4v) is 1.48. The van der Waals surface area contributed by atoms with Crippen LogP contribution in [0.25, 0.3) is 0 Å². The Morgan fingerprint density at radius 1 is 1.44 bits per heavy atom. The zero-order valence-electron chi connectivity index (χ0n) is 9.78. The summed E-state index contributed by atoms with van der Waals surface area (Å²) in [4.78, 5) is 23.7. The third-order valence-electron chi connectivity index (χ3n) is 2.36. The molecule has 0 saturated carbocycles. The van der Waals surface area contributed by atoms with Crippen LogP contribution in [-0.2, 0) is 9.53 Å². The van der Waals surface area contributed by atoms with Gasteiger partial charge in [-0.15, -0.1) is 0 Å². The second kappa shape index (κ2) is 3.93. The van der Waals surface area contributed by atoms with Gasteiger partial charge in [-0.2, -0.15) is 0 Å². The van der Waals surface area contributed by atoms with Crippen molar-refractivity contribution in [1.29, 1.82) is 0 Å². The number of ether oxygens (including phenoxy) is 1. The van der Waals surface area contributed by atoms with E-state index in [1.54, 1.807) is 20.8 Å². The van der Waals surface area contributed by atoms with Gasteiger partial charge in [0.15, 0.2) is 0 Å². The molecule has 16 heavy (non-hydrogen) atoms. The number of amides is 1. The molecule has 1 heterocycles. The highest BCUT2D eigenvalue weighted by Crippen LogP contribution is 2.20. The van der Waals surface area contributed by atoms with E-state index >= 15 is 0 Å². The van der Waals surface area contributed by atoms with Gasteiger partial charge in [-0.25, -0.2) is 4.79 Å². The van der Waals surface area contributed by atoms with Gasteiger partial charge in [0.05, 0.1) is 11.5 Å². The van der Waals surface area contributed by atoms with Gasteiger partial charge in [-0.05, 0) is 27.2 Å². The van der Waals surface area contributed by atoms with Crippen molar-refractivity contribution < 1.29 is 19.4 Å². The number of rotatable bonds is 1. The van der Waals surface area contributed by atoms with Crippen molar-refractivity contribution in [2.75, 3.05) is 13.1 Å². The third kappa shape index (κ3) is 2.85. The molecule has 0 radical (unpaired) electrons. The lowest BCUT2D eigenvalue weighted by Crippen LogP contribution is -2.57. The number of carboxylic acid groups (broad SMARTS) is 1. The molecule has 1 fully saturated rings. The smallest absolute Gasteiger partial charge is 0.410 e. The highest BCUT2D eigenvalue weighted by atomic mass is 16.6. The van der Waals surface area contributed by atoms with Gasteiger partial charge >= 0.3 is 6.09 Å². The molecule has 1 saturated heterocycles. The Kier molecular flexibility index (Phi) is 3.14. The van der Waals surface area contributed by atoms with Crippen molar-refractivity contribution in [3.8, 4) is 0 Å². The van der Waals surface area contributed by atoms with Gasteiger partial charge in [0, 0.05) is 13.1 Å². The van der Waals surface area contributed by atoms with Crippen molar-refractivity contribution in [3.63, 3.8) is 0 Å². The minimum atomic E-state index is -1.45. The Morgan fingerprint density at radius 3 is 2.38 bits per heavy atom. The fraction of sp³-hybridized carbons (Fsp3) is 0.800. The van der Waals surface area contributed by atoms with Gasteiger partial charge in [0.25, 0.3) is 0 Å². The van der Waals surface area contributed by atoms with Gasteiger partial charge in [-0.3, -0.25) is 0 Å². The van der Waals surface area contributed by atoms with Crippen molar-refractivity contribution in [2.24, 2.45) is 5.73 Å². The predicted octanol–water partition coefficient (Wildman–Crippen LogP) is -0.925. The van der Waals surface area contributed by atoms with Gasteiger partial charge < -0.3 is 25.3 Å². The van der Waals surface area contributed by atoms with Gasteiger partial charge in [0.1, 0.15) is 5.60 Å². The molecule has 1 atom stereocenters. The summed E-state index contributed by atoms with van der Waals surface area (Å²) in [5.74, 6) is -1.33. The number of hydrogen-bond donors (Lipinski definition) is 1. The molecule has 92 valence electrons. The van der Waals surface area contributed by atoms with Crippen molar-refractivity contribution >= 4 is 12.1 Å². The zero-order valence-corrected chi connectivity index (χ0v) is 9.78. The van der Waals surface area contributed by atoms with Crippen LogP contribution in [0.1, 0.15) is 27.2 Å². The van der Waals surface area contributed by atoms with Crippen LogP contribution in [0, 0.1) is 0 Å². The first-order chi connectivity index (χ1) is 7.14. The maximum atomic E-state index is 11.6. The van der Waals surface area contributed by atoms with Crippen molar-refractivity contribution in [3.05, 3.63) is 0 Å². The average molecular weight is 229 g/mol. The van der Waals surface area contributed by atoms with Crippen LogP contribution in [0.15, 0.2) is 0 Å². The summed E-state index contributed by atoms with van der Waals surface area (Å²) in [6.07, 6.45) is -0.352. The number of carboxylic acids is 1. The molecule has 6 heteroatoms. The SMILES string of the molecule is CC(C)(C)OC(=O)N1CCC(N)(C(=O)[O-])C1. The normalized spacial score (nSPS) is 25.6. The van der Waals surface area contributed by atoms with E-state index < -0.39 is 23.2 Å². The highest BCUT2D eigenvalue weighted by Gasteiger charge is 2.39.